The van der Waals surface area contributed by atoms with Gasteiger partial charge in [-0.2, -0.15) is 5.10 Å². The minimum Gasteiger partial charge on any atom is -0.326 e. The Hall–Kier alpha value is -2.99. The topological polar surface area (TPSA) is 51.4 Å². The number of nitrogens with one attached hydrogen (secondary N) is 2. The second-order valence-corrected chi connectivity index (χ2v) is 7.24. The Kier molecular flexibility index (Phi) is 5.90. The highest BCUT2D eigenvalue weighted by atomic mass is 19.1. The van der Waals surface area contributed by atoms with Crippen molar-refractivity contribution in [2.75, 3.05) is 18.9 Å². The fraction of sp³-hybridized carbons (Fsp3) is 0.273. The van der Waals surface area contributed by atoms with Gasteiger partial charge in [-0.3, -0.25) is 4.79 Å². The maximum Gasteiger partial charge on any atom is 0.279 e. The number of aromatic nitrogens is 2. The molecule has 0 saturated carbocycles. The van der Waals surface area contributed by atoms with Gasteiger partial charge in [-0.1, -0.05) is 35.9 Å². The van der Waals surface area contributed by atoms with Crippen molar-refractivity contribution in [3.05, 3.63) is 76.9 Å². The van der Waals surface area contributed by atoms with Crippen LogP contribution in [-0.2, 0) is 11.3 Å². The van der Waals surface area contributed by atoms with Gasteiger partial charge < -0.3 is 10.2 Å². The Morgan fingerprint density at radius 1 is 1.11 bits per heavy atom. The minimum absolute atomic E-state index is 0.122. The standard InChI is InChI=1S/C22H25FN4O/c1-15-9-11-19(12-10-15)27-17(3)22(16(2)25-27)24-21(28)14-26(4)13-18-7-5-6-8-20(18)23/h5-12H,13-14H2,1-4H3,(H,24,28)/p+1. The van der Waals surface area contributed by atoms with E-state index in [4.69, 9.17) is 0 Å². The van der Waals surface area contributed by atoms with Crippen LogP contribution >= 0.6 is 0 Å². The van der Waals surface area contributed by atoms with Crippen LogP contribution in [0, 0.1) is 26.6 Å². The first-order valence-electron chi connectivity index (χ1n) is 9.33. The molecule has 0 saturated heterocycles. The van der Waals surface area contributed by atoms with Gasteiger partial charge in [-0.05, 0) is 39.0 Å². The number of hydrogen-bond acceptors (Lipinski definition) is 2. The summed E-state index contributed by atoms with van der Waals surface area (Å²) in [6.45, 7) is 6.54. The largest absolute Gasteiger partial charge is 0.326 e. The zero-order valence-electron chi connectivity index (χ0n) is 16.7. The maximum absolute atomic E-state index is 13.8. The average molecular weight is 381 g/mol. The molecule has 1 amide bonds. The van der Waals surface area contributed by atoms with Crippen LogP contribution in [0.4, 0.5) is 10.1 Å². The molecule has 0 radical (unpaired) electrons. The molecule has 0 aliphatic heterocycles. The molecule has 1 heterocycles. The van der Waals surface area contributed by atoms with Crippen molar-refractivity contribution in [1.29, 1.82) is 0 Å². The number of quaternary nitrogens is 1. The van der Waals surface area contributed by atoms with E-state index in [2.05, 4.69) is 10.4 Å². The number of carbonyl (C=O) groups excluding carboxylic acids is 1. The number of aryl methyl sites for hydroxylation is 2. The number of halogens is 1. The molecule has 2 N–H and O–H groups in total. The van der Waals surface area contributed by atoms with Gasteiger partial charge in [0, 0.05) is 5.56 Å². The Bertz CT molecular complexity index is 979. The molecule has 1 atom stereocenters. The van der Waals surface area contributed by atoms with Crippen LogP contribution in [0.1, 0.15) is 22.5 Å². The van der Waals surface area contributed by atoms with Gasteiger partial charge in [0.15, 0.2) is 6.54 Å². The number of likely N-dealkylation sites (N-methyl/N-ethyl adjacent to an activating group) is 1. The van der Waals surface area contributed by atoms with E-state index in [9.17, 15) is 9.18 Å². The maximum atomic E-state index is 13.8. The molecular formula is C22H26FN4O+. The molecule has 0 aliphatic rings. The van der Waals surface area contributed by atoms with Crippen LogP contribution in [0.2, 0.25) is 0 Å². The molecule has 28 heavy (non-hydrogen) atoms. The molecule has 0 fully saturated rings. The number of rotatable bonds is 6. The zero-order valence-corrected chi connectivity index (χ0v) is 16.7. The molecule has 0 bridgehead atoms. The van der Waals surface area contributed by atoms with Crippen molar-refractivity contribution in [3.8, 4) is 5.69 Å². The first kappa shape index (κ1) is 19.8. The molecule has 3 rings (SSSR count). The second kappa shape index (κ2) is 8.35. The van der Waals surface area contributed by atoms with E-state index in [1.54, 1.807) is 18.2 Å². The molecule has 1 unspecified atom stereocenters. The lowest BCUT2D eigenvalue weighted by molar-refractivity contribution is -0.885. The van der Waals surface area contributed by atoms with Crippen LogP contribution in [0.5, 0.6) is 0 Å². The van der Waals surface area contributed by atoms with Crippen molar-refractivity contribution in [3.63, 3.8) is 0 Å². The van der Waals surface area contributed by atoms with Crippen molar-refractivity contribution >= 4 is 11.6 Å². The fourth-order valence-electron chi connectivity index (χ4n) is 3.25. The van der Waals surface area contributed by atoms with Crippen LogP contribution in [0.3, 0.4) is 0 Å². The zero-order chi connectivity index (χ0) is 20.3. The lowest BCUT2D eigenvalue weighted by Crippen LogP contribution is -3.08. The molecule has 2 aromatic carbocycles. The molecule has 0 spiro atoms. The Balaban J connectivity index is 1.68. The highest BCUT2D eigenvalue weighted by molar-refractivity contribution is 5.92. The molecule has 0 aliphatic carbocycles. The third kappa shape index (κ3) is 4.46. The summed E-state index contributed by atoms with van der Waals surface area (Å²) in [5.41, 5.74) is 5.10. The molecule has 3 aromatic rings. The van der Waals surface area contributed by atoms with Crippen LogP contribution in [-0.4, -0.2) is 29.3 Å². The molecular weight excluding hydrogens is 355 g/mol. The summed E-state index contributed by atoms with van der Waals surface area (Å²) >= 11 is 0. The predicted octanol–water partition coefficient (Wildman–Crippen LogP) is 2.59. The van der Waals surface area contributed by atoms with E-state index in [1.165, 1.54) is 11.6 Å². The highest BCUT2D eigenvalue weighted by Crippen LogP contribution is 2.22. The lowest BCUT2D eigenvalue weighted by Gasteiger charge is -2.14. The van der Waals surface area contributed by atoms with Gasteiger partial charge in [0.1, 0.15) is 12.4 Å². The number of hydrogen-bond donors (Lipinski definition) is 2. The van der Waals surface area contributed by atoms with Gasteiger partial charge >= 0.3 is 0 Å². The van der Waals surface area contributed by atoms with Crippen LogP contribution < -0.4 is 10.2 Å². The third-order valence-electron chi connectivity index (χ3n) is 4.75. The Labute approximate surface area is 164 Å². The van der Waals surface area contributed by atoms with E-state index in [-0.39, 0.29) is 18.3 Å². The normalized spacial score (nSPS) is 12.0. The number of anilines is 1. The van der Waals surface area contributed by atoms with E-state index >= 15 is 0 Å². The van der Waals surface area contributed by atoms with Gasteiger partial charge in [0.05, 0.1) is 29.8 Å². The third-order valence-corrected chi connectivity index (χ3v) is 4.75. The van der Waals surface area contributed by atoms with E-state index in [0.717, 1.165) is 27.7 Å². The van der Waals surface area contributed by atoms with E-state index < -0.39 is 0 Å². The molecule has 146 valence electrons. The van der Waals surface area contributed by atoms with Crippen molar-refractivity contribution in [2.24, 2.45) is 0 Å². The second-order valence-electron chi connectivity index (χ2n) is 7.24. The number of amides is 1. The fourth-order valence-corrected chi connectivity index (χ4v) is 3.25. The SMILES string of the molecule is Cc1ccc(-n2nc(C)c(NC(=O)C[NH+](C)Cc3ccccc3F)c2C)cc1. The first-order chi connectivity index (χ1) is 13.3. The van der Waals surface area contributed by atoms with Crippen molar-refractivity contribution < 1.29 is 14.1 Å². The van der Waals surface area contributed by atoms with Gasteiger partial charge in [0.25, 0.3) is 5.91 Å². The average Bonchev–Trinajstić information content (AvgIpc) is 2.92. The molecule has 5 nitrogen and oxygen atoms in total. The quantitative estimate of drug-likeness (QED) is 0.690. The summed E-state index contributed by atoms with van der Waals surface area (Å²) in [6, 6.07) is 14.7. The highest BCUT2D eigenvalue weighted by Gasteiger charge is 2.18. The van der Waals surface area contributed by atoms with Gasteiger partial charge in [0.2, 0.25) is 0 Å². The van der Waals surface area contributed by atoms with E-state index in [1.807, 2.05) is 56.8 Å². The summed E-state index contributed by atoms with van der Waals surface area (Å²) in [5.74, 6) is -0.364. The van der Waals surface area contributed by atoms with E-state index in [0.29, 0.717) is 12.1 Å². The number of benzene rings is 2. The summed E-state index contributed by atoms with van der Waals surface area (Å²) < 4.78 is 15.6. The predicted molar refractivity (Wildman–Crippen MR) is 108 cm³/mol. The number of nitrogens with zero attached hydrogens (tertiary/aromatic N) is 2. The molecule has 1 aromatic heterocycles. The smallest absolute Gasteiger partial charge is 0.279 e. The van der Waals surface area contributed by atoms with Gasteiger partial charge in [-0.15, -0.1) is 0 Å². The van der Waals surface area contributed by atoms with Crippen LogP contribution in [0.25, 0.3) is 5.69 Å². The monoisotopic (exact) mass is 381 g/mol. The summed E-state index contributed by atoms with van der Waals surface area (Å²) in [5, 5.41) is 7.54. The molecule has 6 heteroatoms. The number of carbonyl (C=O) groups is 1. The first-order valence-corrected chi connectivity index (χ1v) is 9.33. The minimum atomic E-state index is -0.242. The summed E-state index contributed by atoms with van der Waals surface area (Å²) in [4.78, 5) is 13.4. The van der Waals surface area contributed by atoms with Crippen molar-refractivity contribution in [1.82, 2.24) is 9.78 Å². The summed E-state index contributed by atoms with van der Waals surface area (Å²) in [7, 11) is 1.88. The Morgan fingerprint density at radius 3 is 2.46 bits per heavy atom. The lowest BCUT2D eigenvalue weighted by atomic mass is 10.2. The van der Waals surface area contributed by atoms with Crippen LogP contribution in [0.15, 0.2) is 48.5 Å². The summed E-state index contributed by atoms with van der Waals surface area (Å²) in [6.07, 6.45) is 0. The Morgan fingerprint density at radius 2 is 1.79 bits per heavy atom. The van der Waals surface area contributed by atoms with Crippen molar-refractivity contribution in [2.45, 2.75) is 27.3 Å². The van der Waals surface area contributed by atoms with Gasteiger partial charge in [-0.25, -0.2) is 9.07 Å².